The second kappa shape index (κ2) is 14.1. The van der Waals surface area contributed by atoms with Crippen molar-refractivity contribution >= 4 is 5.97 Å². The Labute approximate surface area is 227 Å². The van der Waals surface area contributed by atoms with E-state index in [1.165, 1.54) is 44.9 Å². The van der Waals surface area contributed by atoms with Crippen molar-refractivity contribution in [3.05, 3.63) is 96.1 Å². The van der Waals surface area contributed by atoms with Gasteiger partial charge in [0, 0.05) is 24.3 Å². The highest BCUT2D eigenvalue weighted by atomic mass is 16.7. The molecule has 1 saturated heterocycles. The molecule has 0 bridgehead atoms. The maximum atomic E-state index is 10.2. The van der Waals surface area contributed by atoms with Gasteiger partial charge >= 0.3 is 5.97 Å². The Kier molecular flexibility index (Phi) is 10.4. The SMILES string of the molecule is C(#Cc1ccccc1)CC1(CC/C=C/C=C/C2CCCCC23OCCO3)CCC1.O=C(O)c1ccccc1. The van der Waals surface area contributed by atoms with Crippen LogP contribution in [0.1, 0.15) is 80.1 Å². The highest BCUT2D eigenvalue weighted by Crippen LogP contribution is 2.47. The average Bonchev–Trinajstić information content (AvgIpc) is 3.40. The molecule has 0 radical (unpaired) electrons. The van der Waals surface area contributed by atoms with E-state index in [9.17, 15) is 4.79 Å². The van der Waals surface area contributed by atoms with Gasteiger partial charge in [-0.2, -0.15) is 0 Å². The number of benzene rings is 2. The number of hydrogen-bond acceptors (Lipinski definition) is 3. The van der Waals surface area contributed by atoms with Gasteiger partial charge in [0.2, 0.25) is 0 Å². The molecule has 1 spiro atoms. The van der Waals surface area contributed by atoms with Crippen LogP contribution >= 0.6 is 0 Å². The Bertz CT molecular complexity index is 1110. The smallest absolute Gasteiger partial charge is 0.335 e. The molecule has 1 unspecified atom stereocenters. The van der Waals surface area contributed by atoms with Crippen LogP contribution in [0.3, 0.4) is 0 Å². The molecule has 3 fully saturated rings. The fourth-order valence-corrected chi connectivity index (χ4v) is 5.60. The van der Waals surface area contributed by atoms with E-state index < -0.39 is 5.97 Å². The second-order valence-electron chi connectivity index (χ2n) is 10.6. The van der Waals surface area contributed by atoms with Crippen molar-refractivity contribution in [2.45, 2.75) is 70.0 Å². The number of aromatic carboxylic acids is 1. The summed E-state index contributed by atoms with van der Waals surface area (Å²) in [4.78, 5) is 10.2. The molecule has 200 valence electrons. The third kappa shape index (κ3) is 7.93. The first-order valence-electron chi connectivity index (χ1n) is 14.0. The van der Waals surface area contributed by atoms with E-state index in [0.29, 0.717) is 16.9 Å². The average molecular weight is 513 g/mol. The third-order valence-corrected chi connectivity index (χ3v) is 7.97. The number of rotatable bonds is 7. The minimum atomic E-state index is -0.879. The summed E-state index contributed by atoms with van der Waals surface area (Å²) in [6.07, 6.45) is 21.2. The van der Waals surface area contributed by atoms with Gasteiger partial charge in [0.05, 0.1) is 18.8 Å². The Hall–Kier alpha value is -3.13. The molecule has 4 nitrogen and oxygen atoms in total. The Morgan fingerprint density at radius 3 is 2.26 bits per heavy atom. The zero-order chi connectivity index (χ0) is 26.5. The molecular weight excluding hydrogens is 472 g/mol. The van der Waals surface area contributed by atoms with Crippen LogP contribution in [0.15, 0.2) is 85.0 Å². The minimum absolute atomic E-state index is 0.323. The number of carboxylic acid groups (broad SMARTS) is 1. The third-order valence-electron chi connectivity index (χ3n) is 7.97. The van der Waals surface area contributed by atoms with Gasteiger partial charge in [-0.25, -0.2) is 4.79 Å². The number of carbonyl (C=O) groups is 1. The van der Waals surface area contributed by atoms with Crippen molar-refractivity contribution < 1.29 is 19.4 Å². The summed E-state index contributed by atoms with van der Waals surface area (Å²) in [7, 11) is 0. The van der Waals surface area contributed by atoms with E-state index in [1.807, 2.05) is 6.07 Å². The molecule has 0 amide bonds. The molecule has 38 heavy (non-hydrogen) atoms. The van der Waals surface area contributed by atoms with Crippen molar-refractivity contribution in [1.29, 1.82) is 0 Å². The second-order valence-corrected chi connectivity index (χ2v) is 10.6. The molecule has 1 atom stereocenters. The maximum absolute atomic E-state index is 10.2. The van der Waals surface area contributed by atoms with Gasteiger partial charge in [0.15, 0.2) is 5.79 Å². The van der Waals surface area contributed by atoms with Crippen LogP contribution in [0, 0.1) is 23.2 Å². The minimum Gasteiger partial charge on any atom is -0.478 e. The summed E-state index contributed by atoms with van der Waals surface area (Å²) >= 11 is 0. The molecule has 1 heterocycles. The number of carboxylic acids is 1. The van der Waals surface area contributed by atoms with Gasteiger partial charge in [0.25, 0.3) is 0 Å². The van der Waals surface area contributed by atoms with E-state index in [4.69, 9.17) is 14.6 Å². The van der Waals surface area contributed by atoms with Crippen molar-refractivity contribution in [2.24, 2.45) is 11.3 Å². The zero-order valence-electron chi connectivity index (χ0n) is 22.3. The van der Waals surface area contributed by atoms with Gasteiger partial charge in [-0.3, -0.25) is 0 Å². The van der Waals surface area contributed by atoms with Crippen LogP contribution in [0.5, 0.6) is 0 Å². The van der Waals surface area contributed by atoms with Gasteiger partial charge < -0.3 is 14.6 Å². The Balaban J connectivity index is 0.000000317. The van der Waals surface area contributed by atoms with E-state index >= 15 is 0 Å². The lowest BCUT2D eigenvalue weighted by Gasteiger charge is -2.40. The first-order chi connectivity index (χ1) is 18.6. The first kappa shape index (κ1) is 27.9. The van der Waals surface area contributed by atoms with Crippen LogP contribution in [-0.4, -0.2) is 30.1 Å². The van der Waals surface area contributed by atoms with Crippen molar-refractivity contribution in [3.63, 3.8) is 0 Å². The normalized spacial score (nSPS) is 21.3. The topological polar surface area (TPSA) is 55.8 Å². The highest BCUT2D eigenvalue weighted by Gasteiger charge is 2.44. The molecule has 3 aliphatic rings. The summed E-state index contributed by atoms with van der Waals surface area (Å²) in [6, 6.07) is 18.6. The van der Waals surface area contributed by atoms with Crippen LogP contribution < -0.4 is 0 Å². The Morgan fingerprint density at radius 2 is 1.63 bits per heavy atom. The molecule has 1 aliphatic heterocycles. The molecule has 0 aromatic heterocycles. The predicted molar refractivity (Wildman–Crippen MR) is 152 cm³/mol. The molecule has 2 aromatic carbocycles. The van der Waals surface area contributed by atoms with E-state index in [-0.39, 0.29) is 5.79 Å². The summed E-state index contributed by atoms with van der Waals surface area (Å²) < 4.78 is 12.0. The molecule has 2 aliphatic carbocycles. The predicted octanol–water partition coefficient (Wildman–Crippen LogP) is 7.81. The van der Waals surface area contributed by atoms with Gasteiger partial charge in [-0.1, -0.05) is 85.4 Å². The van der Waals surface area contributed by atoms with E-state index in [1.54, 1.807) is 30.3 Å². The van der Waals surface area contributed by atoms with Crippen LogP contribution in [-0.2, 0) is 9.47 Å². The summed E-state index contributed by atoms with van der Waals surface area (Å²) in [5.41, 5.74) is 1.91. The van der Waals surface area contributed by atoms with Gasteiger partial charge in [0.1, 0.15) is 0 Å². The molecule has 2 saturated carbocycles. The molecule has 1 N–H and O–H groups in total. The first-order valence-corrected chi connectivity index (χ1v) is 14.0. The molecule has 5 rings (SSSR count). The monoisotopic (exact) mass is 512 g/mol. The lowest BCUT2D eigenvalue weighted by Crippen LogP contribution is -2.40. The Morgan fingerprint density at radius 1 is 0.921 bits per heavy atom. The summed E-state index contributed by atoms with van der Waals surface area (Å²) in [5, 5.41) is 8.38. The highest BCUT2D eigenvalue weighted by molar-refractivity contribution is 5.87. The van der Waals surface area contributed by atoms with Crippen molar-refractivity contribution in [3.8, 4) is 11.8 Å². The number of hydrogen-bond donors (Lipinski definition) is 1. The molecule has 4 heteroatoms. The number of ether oxygens (including phenoxy) is 2. The van der Waals surface area contributed by atoms with Gasteiger partial charge in [-0.15, -0.1) is 0 Å². The van der Waals surface area contributed by atoms with Crippen LogP contribution in [0.4, 0.5) is 0 Å². The lowest BCUT2D eigenvalue weighted by atomic mass is 9.64. The largest absolute Gasteiger partial charge is 0.478 e. The summed E-state index contributed by atoms with van der Waals surface area (Å²) in [6.45, 7) is 1.49. The molecular formula is C34H40O4. The maximum Gasteiger partial charge on any atom is 0.335 e. The number of allylic oxidation sites excluding steroid dienone is 3. The molecule has 2 aromatic rings. The van der Waals surface area contributed by atoms with E-state index in [0.717, 1.165) is 38.0 Å². The standard InChI is InChI=1S/C27H34O2.C7H6O2/c1(6-15-25-16-7-9-21-27(25)28-22-23-29-27)2-8-17-26(19-11-20-26)18-10-14-24-12-4-3-5-13-24;8-7(9)6-4-2-1-3-5-6/h1-6,12-13,15,25H,7-9,11,16-23H2;1-5H,(H,8,9)/b2-1+,15-6+;. The fourth-order valence-electron chi connectivity index (χ4n) is 5.60. The lowest BCUT2D eigenvalue weighted by molar-refractivity contribution is -0.200. The fraction of sp³-hybridized carbons (Fsp3) is 0.441. The van der Waals surface area contributed by atoms with Gasteiger partial charge in [-0.05, 0) is 68.2 Å². The van der Waals surface area contributed by atoms with E-state index in [2.05, 4.69) is 60.4 Å². The summed E-state index contributed by atoms with van der Waals surface area (Å²) in [5.74, 6) is 5.98. The van der Waals surface area contributed by atoms with Crippen LogP contribution in [0.2, 0.25) is 0 Å². The quantitative estimate of drug-likeness (QED) is 0.304. The van der Waals surface area contributed by atoms with Crippen molar-refractivity contribution in [2.75, 3.05) is 13.2 Å². The zero-order valence-corrected chi connectivity index (χ0v) is 22.3. The van der Waals surface area contributed by atoms with Crippen LogP contribution in [0.25, 0.3) is 0 Å². The van der Waals surface area contributed by atoms with Crippen molar-refractivity contribution in [1.82, 2.24) is 0 Å².